The number of hydrogen-bond donors (Lipinski definition) is 1. The highest BCUT2D eigenvalue weighted by Crippen LogP contribution is 2.30. The summed E-state index contributed by atoms with van der Waals surface area (Å²) >= 11 is 0. The van der Waals surface area contributed by atoms with E-state index in [1.807, 2.05) is 0 Å². The molecule has 0 aliphatic heterocycles. The van der Waals surface area contributed by atoms with Crippen molar-refractivity contribution in [1.82, 2.24) is 0 Å². The van der Waals surface area contributed by atoms with E-state index in [-0.39, 0.29) is 5.56 Å². The lowest BCUT2D eigenvalue weighted by atomic mass is 10.0. The van der Waals surface area contributed by atoms with E-state index in [2.05, 4.69) is 0 Å². The van der Waals surface area contributed by atoms with Crippen molar-refractivity contribution in [2.75, 3.05) is 0 Å². The van der Waals surface area contributed by atoms with Crippen LogP contribution in [0.5, 0.6) is 0 Å². The Kier molecular flexibility index (Phi) is 4.03. The highest BCUT2D eigenvalue weighted by atomic mass is 19.4. The van der Waals surface area contributed by atoms with Gasteiger partial charge in [0.25, 0.3) is 6.43 Å². The smallest absolute Gasteiger partial charge is 0.323 e. The molecule has 0 saturated heterocycles. The molecule has 96 valence electrons. The van der Waals surface area contributed by atoms with Crippen molar-refractivity contribution >= 4 is 0 Å². The Bertz CT molecular complexity index is 387. The zero-order chi connectivity index (χ0) is 13.2. The van der Waals surface area contributed by atoms with Crippen LogP contribution in [0.4, 0.5) is 26.3 Å². The first kappa shape index (κ1) is 13.8. The first-order chi connectivity index (χ1) is 7.70. The second-order valence-electron chi connectivity index (χ2n) is 3.55. The van der Waals surface area contributed by atoms with Crippen LogP contribution in [0, 0.1) is 5.82 Å². The van der Waals surface area contributed by atoms with E-state index in [0.717, 1.165) is 6.07 Å². The molecule has 0 saturated carbocycles. The maximum atomic E-state index is 12.9. The monoisotopic (exact) mass is 257 g/mol. The standard InChI is InChI=1S/C10H9F6N/c11-7-2-5(3-8(17)9(12)13)1-6(4-7)10(14,15)16/h1-2,4,8-9H,3,17H2. The number of alkyl halides is 5. The normalized spacial score (nSPS) is 14.1. The minimum Gasteiger partial charge on any atom is -0.323 e. The van der Waals surface area contributed by atoms with E-state index in [9.17, 15) is 26.3 Å². The van der Waals surface area contributed by atoms with Crippen molar-refractivity contribution in [3.05, 3.63) is 35.1 Å². The first-order valence-corrected chi connectivity index (χ1v) is 4.60. The molecule has 0 aromatic heterocycles. The Morgan fingerprint density at radius 1 is 1.12 bits per heavy atom. The lowest BCUT2D eigenvalue weighted by Gasteiger charge is -2.13. The molecule has 0 radical (unpaired) electrons. The predicted octanol–water partition coefficient (Wildman–Crippen LogP) is 2.98. The lowest BCUT2D eigenvalue weighted by molar-refractivity contribution is -0.137. The topological polar surface area (TPSA) is 26.0 Å². The first-order valence-electron chi connectivity index (χ1n) is 4.60. The zero-order valence-corrected chi connectivity index (χ0v) is 8.44. The lowest BCUT2D eigenvalue weighted by Crippen LogP contribution is -2.31. The van der Waals surface area contributed by atoms with Gasteiger partial charge in [0, 0.05) is 0 Å². The van der Waals surface area contributed by atoms with Gasteiger partial charge in [0.05, 0.1) is 11.6 Å². The molecule has 1 nitrogen and oxygen atoms in total. The Morgan fingerprint density at radius 2 is 1.71 bits per heavy atom. The summed E-state index contributed by atoms with van der Waals surface area (Å²) in [6.45, 7) is 0. The van der Waals surface area contributed by atoms with Crippen molar-refractivity contribution in [3.63, 3.8) is 0 Å². The van der Waals surface area contributed by atoms with Crippen LogP contribution in [0.3, 0.4) is 0 Å². The van der Waals surface area contributed by atoms with Gasteiger partial charge in [-0.3, -0.25) is 0 Å². The van der Waals surface area contributed by atoms with Crippen molar-refractivity contribution in [1.29, 1.82) is 0 Å². The average Bonchev–Trinajstić information content (AvgIpc) is 2.15. The fraction of sp³-hybridized carbons (Fsp3) is 0.400. The number of hydrogen-bond acceptors (Lipinski definition) is 1. The number of halogens is 6. The summed E-state index contributed by atoms with van der Waals surface area (Å²) in [6.07, 6.45) is -8.10. The molecule has 1 aromatic carbocycles. The second kappa shape index (κ2) is 4.95. The molecule has 1 atom stereocenters. The molecule has 1 unspecified atom stereocenters. The van der Waals surface area contributed by atoms with Crippen LogP contribution < -0.4 is 5.73 Å². The molecule has 1 rings (SSSR count). The molecule has 0 spiro atoms. The predicted molar refractivity (Wildman–Crippen MR) is 49.1 cm³/mol. The van der Waals surface area contributed by atoms with Crippen LogP contribution in [0.1, 0.15) is 11.1 Å². The molecule has 0 heterocycles. The minimum absolute atomic E-state index is 0.204. The van der Waals surface area contributed by atoms with Gasteiger partial charge in [-0.1, -0.05) is 0 Å². The molecule has 0 aliphatic carbocycles. The van der Waals surface area contributed by atoms with E-state index in [1.54, 1.807) is 0 Å². The minimum atomic E-state index is -4.72. The van der Waals surface area contributed by atoms with Crippen LogP contribution in [-0.2, 0) is 12.6 Å². The number of nitrogens with two attached hydrogens (primary N) is 1. The van der Waals surface area contributed by atoms with Gasteiger partial charge in [-0.05, 0) is 30.2 Å². The maximum absolute atomic E-state index is 12.9. The fourth-order valence-electron chi connectivity index (χ4n) is 1.29. The Balaban J connectivity index is 2.98. The van der Waals surface area contributed by atoms with Gasteiger partial charge < -0.3 is 5.73 Å². The quantitative estimate of drug-likeness (QED) is 0.828. The highest BCUT2D eigenvalue weighted by molar-refractivity contribution is 5.27. The molecule has 0 fully saturated rings. The van der Waals surface area contributed by atoms with Gasteiger partial charge in [0.15, 0.2) is 0 Å². The number of rotatable bonds is 3. The van der Waals surface area contributed by atoms with Gasteiger partial charge in [-0.25, -0.2) is 13.2 Å². The molecule has 0 amide bonds. The summed E-state index contributed by atoms with van der Waals surface area (Å²) in [5.74, 6) is -1.13. The molecule has 17 heavy (non-hydrogen) atoms. The molecule has 7 heteroatoms. The van der Waals surface area contributed by atoms with Crippen LogP contribution >= 0.6 is 0 Å². The SMILES string of the molecule is NC(Cc1cc(F)cc(C(F)(F)F)c1)C(F)F. The van der Waals surface area contributed by atoms with Gasteiger partial charge in [0.1, 0.15) is 5.82 Å². The van der Waals surface area contributed by atoms with E-state index >= 15 is 0 Å². The zero-order valence-electron chi connectivity index (χ0n) is 8.44. The Hall–Kier alpha value is -1.24. The molecular weight excluding hydrogens is 248 g/mol. The van der Waals surface area contributed by atoms with Crippen LogP contribution in [0.15, 0.2) is 18.2 Å². The Morgan fingerprint density at radius 3 is 2.18 bits per heavy atom. The van der Waals surface area contributed by atoms with Gasteiger partial charge in [-0.2, -0.15) is 13.2 Å². The molecule has 0 aliphatic rings. The largest absolute Gasteiger partial charge is 0.416 e. The van der Waals surface area contributed by atoms with E-state index < -0.39 is 36.4 Å². The van der Waals surface area contributed by atoms with Crippen LogP contribution in [0.2, 0.25) is 0 Å². The average molecular weight is 257 g/mol. The summed E-state index contributed by atoms with van der Waals surface area (Å²) in [7, 11) is 0. The third kappa shape index (κ3) is 3.92. The van der Waals surface area contributed by atoms with E-state index in [0.29, 0.717) is 12.1 Å². The van der Waals surface area contributed by atoms with Crippen LogP contribution in [-0.4, -0.2) is 12.5 Å². The maximum Gasteiger partial charge on any atom is 0.416 e. The van der Waals surface area contributed by atoms with Crippen molar-refractivity contribution < 1.29 is 26.3 Å². The summed E-state index contributed by atoms with van der Waals surface area (Å²) in [4.78, 5) is 0. The third-order valence-corrected chi connectivity index (χ3v) is 2.08. The molecule has 1 aromatic rings. The van der Waals surface area contributed by atoms with Gasteiger partial charge >= 0.3 is 6.18 Å². The summed E-state index contributed by atoms with van der Waals surface area (Å²) < 4.78 is 74.0. The highest BCUT2D eigenvalue weighted by Gasteiger charge is 2.31. The summed E-state index contributed by atoms with van der Waals surface area (Å²) in [5.41, 5.74) is 3.59. The van der Waals surface area contributed by atoms with Crippen LogP contribution in [0.25, 0.3) is 0 Å². The van der Waals surface area contributed by atoms with Crippen molar-refractivity contribution in [2.24, 2.45) is 5.73 Å². The number of benzene rings is 1. The molecule has 0 bridgehead atoms. The second-order valence-corrected chi connectivity index (χ2v) is 3.55. The third-order valence-electron chi connectivity index (χ3n) is 2.08. The van der Waals surface area contributed by atoms with E-state index in [4.69, 9.17) is 5.73 Å². The van der Waals surface area contributed by atoms with Gasteiger partial charge in [-0.15, -0.1) is 0 Å². The van der Waals surface area contributed by atoms with E-state index in [1.165, 1.54) is 0 Å². The van der Waals surface area contributed by atoms with Crippen molar-refractivity contribution in [3.8, 4) is 0 Å². The Labute approximate surface area is 93.2 Å². The molecular formula is C10H9F6N. The van der Waals surface area contributed by atoms with Crippen molar-refractivity contribution in [2.45, 2.75) is 25.1 Å². The molecule has 2 N–H and O–H groups in total. The summed E-state index contributed by atoms with van der Waals surface area (Å²) in [6, 6.07) is 0.0677. The summed E-state index contributed by atoms with van der Waals surface area (Å²) in [5, 5.41) is 0. The van der Waals surface area contributed by atoms with Gasteiger partial charge in [0.2, 0.25) is 0 Å². The fourth-order valence-corrected chi connectivity index (χ4v) is 1.29.